The molecular weight excluding hydrogens is 376 g/mol. The maximum Gasteiger partial charge on any atom is 0.261 e. The minimum atomic E-state index is -3.80. The number of rotatable bonds is 6. The predicted octanol–water partition coefficient (Wildman–Crippen LogP) is 2.80. The minimum Gasteiger partial charge on any atom is -0.337 e. The molecule has 0 radical (unpaired) electrons. The Balaban J connectivity index is 1.78. The van der Waals surface area contributed by atoms with Crippen LogP contribution >= 0.6 is 0 Å². The van der Waals surface area contributed by atoms with Gasteiger partial charge in [0.15, 0.2) is 0 Å². The van der Waals surface area contributed by atoms with E-state index in [-0.39, 0.29) is 10.8 Å². The molecule has 1 amide bonds. The fourth-order valence-corrected chi connectivity index (χ4v) is 3.86. The molecule has 1 N–H and O–H groups in total. The molecule has 0 aliphatic heterocycles. The van der Waals surface area contributed by atoms with Gasteiger partial charge in [0.05, 0.1) is 11.1 Å². The van der Waals surface area contributed by atoms with Crippen LogP contribution in [0.5, 0.6) is 0 Å². The van der Waals surface area contributed by atoms with Crippen molar-refractivity contribution in [2.24, 2.45) is 7.05 Å². The van der Waals surface area contributed by atoms with Crippen molar-refractivity contribution in [3.8, 4) is 0 Å². The summed E-state index contributed by atoms with van der Waals surface area (Å²) >= 11 is 0. The number of benzene rings is 2. The summed E-state index contributed by atoms with van der Waals surface area (Å²) in [6.45, 7) is 2.31. The molecule has 146 valence electrons. The van der Waals surface area contributed by atoms with Gasteiger partial charge in [0.1, 0.15) is 0 Å². The number of carbonyl (C=O) groups is 1. The van der Waals surface area contributed by atoms with E-state index >= 15 is 0 Å². The predicted molar refractivity (Wildman–Crippen MR) is 107 cm³/mol. The smallest absolute Gasteiger partial charge is 0.261 e. The first-order chi connectivity index (χ1) is 13.2. The van der Waals surface area contributed by atoms with Crippen LogP contribution in [0, 0.1) is 6.92 Å². The lowest BCUT2D eigenvalue weighted by Crippen LogP contribution is -2.26. The molecule has 0 saturated carbocycles. The Kier molecular flexibility index (Phi) is 5.51. The van der Waals surface area contributed by atoms with Gasteiger partial charge < -0.3 is 4.90 Å². The van der Waals surface area contributed by atoms with E-state index in [9.17, 15) is 13.2 Å². The van der Waals surface area contributed by atoms with E-state index in [1.54, 1.807) is 49.2 Å². The van der Waals surface area contributed by atoms with Gasteiger partial charge in [-0.25, -0.2) is 8.42 Å². The normalized spacial score (nSPS) is 11.2. The number of aromatic nitrogens is 2. The molecule has 0 bridgehead atoms. The molecule has 0 spiro atoms. The molecule has 0 aliphatic carbocycles. The Hall–Kier alpha value is -3.13. The second-order valence-corrected chi connectivity index (χ2v) is 8.37. The van der Waals surface area contributed by atoms with Crippen molar-refractivity contribution in [2.75, 3.05) is 11.8 Å². The van der Waals surface area contributed by atoms with Gasteiger partial charge >= 0.3 is 0 Å². The lowest BCUT2D eigenvalue weighted by molar-refractivity contribution is 0.0785. The molecule has 1 aromatic heterocycles. The number of amides is 1. The Morgan fingerprint density at radius 3 is 2.54 bits per heavy atom. The number of aryl methyl sites for hydroxylation is 2. The Morgan fingerprint density at radius 2 is 1.89 bits per heavy atom. The van der Waals surface area contributed by atoms with Crippen molar-refractivity contribution in [2.45, 2.75) is 18.4 Å². The average molecular weight is 398 g/mol. The lowest BCUT2D eigenvalue weighted by atomic mass is 10.2. The third-order valence-electron chi connectivity index (χ3n) is 4.22. The second kappa shape index (κ2) is 7.85. The zero-order valence-corrected chi connectivity index (χ0v) is 16.8. The van der Waals surface area contributed by atoms with E-state index in [0.717, 1.165) is 11.1 Å². The van der Waals surface area contributed by atoms with E-state index in [2.05, 4.69) is 9.82 Å². The monoisotopic (exact) mass is 398 g/mol. The van der Waals surface area contributed by atoms with Crippen LogP contribution in [0.4, 0.5) is 5.69 Å². The van der Waals surface area contributed by atoms with Gasteiger partial charge in [0.25, 0.3) is 15.9 Å². The number of sulfonamides is 1. The Bertz CT molecular complexity index is 1090. The molecule has 0 atom stereocenters. The number of anilines is 1. The minimum absolute atomic E-state index is 0.0358. The molecule has 0 unspecified atom stereocenters. The zero-order valence-electron chi connectivity index (χ0n) is 16.0. The van der Waals surface area contributed by atoms with Gasteiger partial charge in [-0.15, -0.1) is 0 Å². The van der Waals surface area contributed by atoms with E-state index in [1.807, 2.05) is 25.3 Å². The summed E-state index contributed by atoms with van der Waals surface area (Å²) in [5.41, 5.74) is 2.70. The van der Waals surface area contributed by atoms with Crippen LogP contribution in [0.3, 0.4) is 0 Å². The van der Waals surface area contributed by atoms with Gasteiger partial charge in [-0.2, -0.15) is 5.10 Å². The van der Waals surface area contributed by atoms with Crippen molar-refractivity contribution in [1.82, 2.24) is 14.7 Å². The molecule has 7 nitrogen and oxygen atoms in total. The summed E-state index contributed by atoms with van der Waals surface area (Å²) in [6, 6.07) is 13.1. The lowest BCUT2D eigenvalue weighted by Gasteiger charge is -2.17. The van der Waals surface area contributed by atoms with E-state index in [1.165, 1.54) is 17.0 Å². The van der Waals surface area contributed by atoms with E-state index in [4.69, 9.17) is 0 Å². The van der Waals surface area contributed by atoms with Crippen molar-refractivity contribution in [1.29, 1.82) is 0 Å². The highest BCUT2D eigenvalue weighted by molar-refractivity contribution is 7.92. The fraction of sp³-hybridized carbons (Fsp3) is 0.200. The summed E-state index contributed by atoms with van der Waals surface area (Å²) in [7, 11) is -0.324. The van der Waals surface area contributed by atoms with Crippen LogP contribution in [0.15, 0.2) is 65.8 Å². The first-order valence-corrected chi connectivity index (χ1v) is 10.2. The molecule has 28 heavy (non-hydrogen) atoms. The molecule has 2 aromatic carbocycles. The number of hydrogen-bond acceptors (Lipinski definition) is 4. The van der Waals surface area contributed by atoms with Crippen LogP contribution < -0.4 is 4.72 Å². The van der Waals surface area contributed by atoms with Crippen molar-refractivity contribution in [3.05, 3.63) is 77.6 Å². The topological polar surface area (TPSA) is 84.3 Å². The van der Waals surface area contributed by atoms with Crippen molar-refractivity contribution in [3.63, 3.8) is 0 Å². The summed E-state index contributed by atoms with van der Waals surface area (Å²) in [6.07, 6.45) is 3.52. The molecule has 3 rings (SSSR count). The standard InChI is InChI=1S/C20H22N4O3S/c1-15-7-9-18(10-8-15)22-28(26,27)19-6-4-5-17(11-19)20(25)23(2)13-16-12-21-24(3)14-16/h4-12,14,22H,13H2,1-3H3. The van der Waals surface area contributed by atoms with Crippen LogP contribution in [-0.2, 0) is 23.6 Å². The van der Waals surface area contributed by atoms with Crippen molar-refractivity contribution < 1.29 is 13.2 Å². The maximum atomic E-state index is 12.7. The summed E-state index contributed by atoms with van der Waals surface area (Å²) in [5.74, 6) is -0.267. The third kappa shape index (κ3) is 4.58. The number of carbonyl (C=O) groups excluding carboxylic acids is 1. The molecule has 8 heteroatoms. The molecule has 0 fully saturated rings. The second-order valence-electron chi connectivity index (χ2n) is 6.68. The fourth-order valence-electron chi connectivity index (χ4n) is 2.75. The van der Waals surface area contributed by atoms with E-state index in [0.29, 0.717) is 17.8 Å². The maximum absolute atomic E-state index is 12.7. The van der Waals surface area contributed by atoms with Crippen LogP contribution in [-0.4, -0.2) is 36.1 Å². The molecule has 0 saturated heterocycles. The zero-order chi connectivity index (χ0) is 20.3. The number of nitrogens with zero attached hydrogens (tertiary/aromatic N) is 3. The highest BCUT2D eigenvalue weighted by atomic mass is 32.2. The first kappa shape index (κ1) is 19.6. The largest absolute Gasteiger partial charge is 0.337 e. The highest BCUT2D eigenvalue weighted by Crippen LogP contribution is 2.18. The van der Waals surface area contributed by atoms with Gasteiger partial charge in [-0.05, 0) is 37.3 Å². The highest BCUT2D eigenvalue weighted by Gasteiger charge is 2.18. The summed E-state index contributed by atoms with van der Waals surface area (Å²) in [4.78, 5) is 14.3. The number of hydrogen-bond donors (Lipinski definition) is 1. The number of nitrogens with one attached hydrogen (secondary N) is 1. The van der Waals surface area contributed by atoms with Crippen LogP contribution in [0.1, 0.15) is 21.5 Å². The first-order valence-electron chi connectivity index (χ1n) is 8.67. The SMILES string of the molecule is Cc1ccc(NS(=O)(=O)c2cccc(C(=O)N(C)Cc3cnn(C)c3)c2)cc1. The molecular formula is C20H22N4O3S. The molecule has 3 aromatic rings. The molecule has 0 aliphatic rings. The van der Waals surface area contributed by atoms with Gasteiger partial charge in [-0.3, -0.25) is 14.2 Å². The summed E-state index contributed by atoms with van der Waals surface area (Å²) < 4.78 is 29.6. The van der Waals surface area contributed by atoms with Gasteiger partial charge in [0, 0.05) is 43.7 Å². The van der Waals surface area contributed by atoms with Crippen LogP contribution in [0.2, 0.25) is 0 Å². The quantitative estimate of drug-likeness (QED) is 0.692. The third-order valence-corrected chi connectivity index (χ3v) is 5.60. The molecule has 1 heterocycles. The van der Waals surface area contributed by atoms with Crippen LogP contribution in [0.25, 0.3) is 0 Å². The van der Waals surface area contributed by atoms with E-state index < -0.39 is 10.0 Å². The van der Waals surface area contributed by atoms with Gasteiger partial charge in [-0.1, -0.05) is 23.8 Å². The average Bonchev–Trinajstić information content (AvgIpc) is 3.07. The van der Waals surface area contributed by atoms with Crippen molar-refractivity contribution >= 4 is 21.6 Å². The Morgan fingerprint density at radius 1 is 1.18 bits per heavy atom. The van der Waals surface area contributed by atoms with Gasteiger partial charge in [0.2, 0.25) is 0 Å². The Labute approximate surface area is 164 Å². The summed E-state index contributed by atoms with van der Waals surface area (Å²) in [5, 5.41) is 4.08.